The van der Waals surface area contributed by atoms with Crippen LogP contribution in [0.4, 0.5) is 0 Å². The minimum absolute atomic E-state index is 0.00192. The number of carbonyl (C=O) groups is 2. The molecule has 0 bridgehead atoms. The summed E-state index contributed by atoms with van der Waals surface area (Å²) in [6.45, 7) is 4.82. The monoisotopic (exact) mass is 450 g/mol. The number of amides is 2. The number of ether oxygens (including phenoxy) is 1. The van der Waals surface area contributed by atoms with Crippen molar-refractivity contribution in [1.29, 1.82) is 0 Å². The largest absolute Gasteiger partial charge is 0.484 e. The van der Waals surface area contributed by atoms with E-state index < -0.39 is 0 Å². The number of rotatable bonds is 8. The molecule has 0 N–H and O–H groups in total. The lowest BCUT2D eigenvalue weighted by Crippen LogP contribution is -2.49. The Hall–Kier alpha value is -3.48. The first-order valence-electron chi connectivity index (χ1n) is 11.4. The van der Waals surface area contributed by atoms with Gasteiger partial charge in [0.05, 0.1) is 25.6 Å². The van der Waals surface area contributed by atoms with Gasteiger partial charge < -0.3 is 23.4 Å². The maximum atomic E-state index is 13.2. The highest BCUT2D eigenvalue weighted by atomic mass is 16.5. The normalized spacial score (nSPS) is 18.2. The first-order chi connectivity index (χ1) is 16.0. The van der Waals surface area contributed by atoms with Crippen molar-refractivity contribution in [3.63, 3.8) is 0 Å². The highest BCUT2D eigenvalue weighted by Gasteiger charge is 2.29. The molecule has 1 saturated heterocycles. The van der Waals surface area contributed by atoms with Gasteiger partial charge in [0, 0.05) is 17.6 Å². The first-order valence-corrected chi connectivity index (χ1v) is 11.4. The Bertz CT molecular complexity index is 981. The van der Waals surface area contributed by atoms with E-state index in [2.05, 4.69) is 13.8 Å². The lowest BCUT2D eigenvalue weighted by Gasteiger charge is -2.38. The fourth-order valence-corrected chi connectivity index (χ4v) is 4.39. The van der Waals surface area contributed by atoms with Gasteiger partial charge in [-0.15, -0.1) is 0 Å². The first kappa shape index (κ1) is 22.7. The number of furan rings is 2. The minimum atomic E-state index is -0.151. The van der Waals surface area contributed by atoms with Gasteiger partial charge in [-0.1, -0.05) is 0 Å². The number of benzene rings is 1. The molecule has 1 aliphatic rings. The van der Waals surface area contributed by atoms with Crippen molar-refractivity contribution in [2.45, 2.75) is 58.3 Å². The van der Waals surface area contributed by atoms with Crippen LogP contribution in [-0.2, 0) is 17.9 Å². The van der Waals surface area contributed by atoms with E-state index >= 15 is 0 Å². The zero-order valence-electron chi connectivity index (χ0n) is 19.1. The van der Waals surface area contributed by atoms with Crippen molar-refractivity contribution in [2.24, 2.45) is 0 Å². The van der Waals surface area contributed by atoms with E-state index in [9.17, 15) is 9.59 Å². The van der Waals surface area contributed by atoms with Gasteiger partial charge in [0.2, 0.25) is 0 Å². The molecule has 1 aromatic carbocycles. The van der Waals surface area contributed by atoms with Gasteiger partial charge in [-0.3, -0.25) is 9.59 Å². The summed E-state index contributed by atoms with van der Waals surface area (Å²) in [5.74, 6) is 1.78. The zero-order valence-corrected chi connectivity index (χ0v) is 19.1. The maximum Gasteiger partial charge on any atom is 0.260 e. The van der Waals surface area contributed by atoms with E-state index in [1.165, 1.54) is 0 Å². The molecular weight excluding hydrogens is 420 g/mol. The Morgan fingerprint density at radius 3 is 2.03 bits per heavy atom. The van der Waals surface area contributed by atoms with Crippen molar-refractivity contribution >= 4 is 11.8 Å². The third kappa shape index (κ3) is 5.66. The van der Waals surface area contributed by atoms with Gasteiger partial charge in [0.25, 0.3) is 11.8 Å². The molecule has 1 fully saturated rings. The molecule has 33 heavy (non-hydrogen) atoms. The third-order valence-electron chi connectivity index (χ3n) is 6.09. The SMILES string of the molecule is CC1CCCC(C)N1C(=O)COc1ccc(C(=O)N(Cc2ccco2)Cc2ccco2)cc1. The Kier molecular flexibility index (Phi) is 7.17. The van der Waals surface area contributed by atoms with Gasteiger partial charge in [-0.2, -0.15) is 0 Å². The molecule has 7 nitrogen and oxygen atoms in total. The maximum absolute atomic E-state index is 13.2. The lowest BCUT2D eigenvalue weighted by molar-refractivity contribution is -0.139. The molecule has 2 amide bonds. The van der Waals surface area contributed by atoms with Crippen molar-refractivity contribution in [3.8, 4) is 5.75 Å². The van der Waals surface area contributed by atoms with Gasteiger partial charge in [0.15, 0.2) is 6.61 Å². The number of hydrogen-bond acceptors (Lipinski definition) is 5. The molecule has 3 heterocycles. The summed E-state index contributed by atoms with van der Waals surface area (Å²) < 4.78 is 16.6. The molecule has 0 radical (unpaired) electrons. The second-order valence-corrected chi connectivity index (χ2v) is 8.56. The molecule has 2 atom stereocenters. The van der Waals surface area contributed by atoms with E-state index in [0.29, 0.717) is 35.9 Å². The van der Waals surface area contributed by atoms with Gasteiger partial charge in [-0.05, 0) is 81.6 Å². The van der Waals surface area contributed by atoms with Crippen LogP contribution in [0.5, 0.6) is 5.75 Å². The second kappa shape index (κ2) is 10.4. The van der Waals surface area contributed by atoms with Crippen molar-refractivity contribution < 1.29 is 23.2 Å². The summed E-state index contributed by atoms with van der Waals surface area (Å²) in [6, 6.07) is 14.6. The predicted octanol–water partition coefficient (Wildman–Crippen LogP) is 4.88. The number of likely N-dealkylation sites (tertiary alicyclic amines) is 1. The summed E-state index contributed by atoms with van der Waals surface area (Å²) in [5.41, 5.74) is 0.519. The van der Waals surface area contributed by atoms with Crippen molar-refractivity contribution in [3.05, 3.63) is 78.1 Å². The quantitative estimate of drug-likeness (QED) is 0.489. The van der Waals surface area contributed by atoms with Crippen molar-refractivity contribution in [1.82, 2.24) is 9.80 Å². The lowest BCUT2D eigenvalue weighted by atomic mass is 9.97. The number of nitrogens with zero attached hydrogens (tertiary/aromatic N) is 2. The molecule has 0 spiro atoms. The summed E-state index contributed by atoms with van der Waals surface area (Å²) >= 11 is 0. The van der Waals surface area contributed by atoms with Crippen LogP contribution in [0, 0.1) is 0 Å². The third-order valence-corrected chi connectivity index (χ3v) is 6.09. The van der Waals surface area contributed by atoms with Crippen LogP contribution in [0.1, 0.15) is 55.0 Å². The van der Waals surface area contributed by atoms with Crippen LogP contribution < -0.4 is 4.74 Å². The summed E-state index contributed by atoms with van der Waals surface area (Å²) in [5, 5.41) is 0. The molecule has 1 aliphatic heterocycles. The minimum Gasteiger partial charge on any atom is -0.484 e. The van der Waals surface area contributed by atoms with Crippen molar-refractivity contribution in [2.75, 3.05) is 6.61 Å². The standard InChI is InChI=1S/C26H30N2O5/c1-19-6-3-7-20(2)28(19)25(29)18-33-22-12-10-21(11-13-22)26(30)27(16-23-8-4-14-31-23)17-24-9-5-15-32-24/h4-5,8-15,19-20H,3,6-7,16-18H2,1-2H3. The molecule has 3 aromatic rings. The van der Waals surface area contributed by atoms with Crippen LogP contribution in [0.25, 0.3) is 0 Å². The smallest absolute Gasteiger partial charge is 0.260 e. The molecule has 0 saturated carbocycles. The molecular formula is C26H30N2O5. The summed E-state index contributed by atoms with van der Waals surface area (Å²) in [7, 11) is 0. The van der Waals surface area contributed by atoms with Gasteiger partial charge in [0.1, 0.15) is 17.3 Å². The average molecular weight is 451 g/mol. The fraction of sp³-hybridized carbons (Fsp3) is 0.385. The van der Waals surface area contributed by atoms with Crippen LogP contribution in [0.2, 0.25) is 0 Å². The molecule has 7 heteroatoms. The van der Waals surface area contributed by atoms with Crippen LogP contribution >= 0.6 is 0 Å². The highest BCUT2D eigenvalue weighted by molar-refractivity contribution is 5.94. The van der Waals surface area contributed by atoms with E-state index in [1.54, 1.807) is 53.8 Å². The summed E-state index contributed by atoms with van der Waals surface area (Å²) in [6.07, 6.45) is 6.38. The topological polar surface area (TPSA) is 76.1 Å². The van der Waals surface area contributed by atoms with E-state index in [0.717, 1.165) is 19.3 Å². The van der Waals surface area contributed by atoms with E-state index in [4.69, 9.17) is 13.6 Å². The Labute approximate surface area is 193 Å². The Balaban J connectivity index is 1.39. The molecule has 2 unspecified atom stereocenters. The zero-order chi connectivity index (χ0) is 23.2. The van der Waals surface area contributed by atoms with E-state index in [1.807, 2.05) is 17.0 Å². The second-order valence-electron chi connectivity index (χ2n) is 8.56. The predicted molar refractivity (Wildman–Crippen MR) is 123 cm³/mol. The molecule has 2 aromatic heterocycles. The molecule has 4 rings (SSSR count). The van der Waals surface area contributed by atoms with Gasteiger partial charge >= 0.3 is 0 Å². The molecule has 174 valence electrons. The molecule has 0 aliphatic carbocycles. The fourth-order valence-electron chi connectivity index (χ4n) is 4.39. The van der Waals surface area contributed by atoms with Crippen LogP contribution in [-0.4, -0.2) is 40.3 Å². The summed E-state index contributed by atoms with van der Waals surface area (Å²) in [4.78, 5) is 29.5. The average Bonchev–Trinajstić information content (AvgIpc) is 3.51. The van der Waals surface area contributed by atoms with Crippen LogP contribution in [0.15, 0.2) is 69.9 Å². The van der Waals surface area contributed by atoms with Gasteiger partial charge in [-0.25, -0.2) is 0 Å². The number of hydrogen-bond donors (Lipinski definition) is 0. The highest BCUT2D eigenvalue weighted by Crippen LogP contribution is 2.23. The number of piperidine rings is 1. The van der Waals surface area contributed by atoms with Crippen LogP contribution in [0.3, 0.4) is 0 Å². The van der Waals surface area contributed by atoms with E-state index in [-0.39, 0.29) is 30.5 Å². The Morgan fingerprint density at radius 2 is 1.52 bits per heavy atom. The number of carbonyl (C=O) groups excluding carboxylic acids is 2. The Morgan fingerprint density at radius 1 is 0.939 bits per heavy atom.